The second kappa shape index (κ2) is 8.52. The van der Waals surface area contributed by atoms with Crippen molar-refractivity contribution in [3.05, 3.63) is 94.4 Å². The van der Waals surface area contributed by atoms with Gasteiger partial charge in [-0.3, -0.25) is 9.78 Å². The number of carbonyl (C=O) groups is 1. The summed E-state index contributed by atoms with van der Waals surface area (Å²) < 4.78 is 5.80. The van der Waals surface area contributed by atoms with E-state index in [-0.39, 0.29) is 11.7 Å². The van der Waals surface area contributed by atoms with Crippen molar-refractivity contribution in [3.8, 4) is 0 Å². The van der Waals surface area contributed by atoms with Gasteiger partial charge in [-0.25, -0.2) is 9.97 Å². The number of fused-ring (bicyclic) bond motifs is 2. The lowest BCUT2D eigenvalue weighted by Gasteiger charge is -2.06. The van der Waals surface area contributed by atoms with Crippen molar-refractivity contribution in [3.63, 3.8) is 0 Å². The Morgan fingerprint density at radius 1 is 1.06 bits per heavy atom. The van der Waals surface area contributed by atoms with Crippen LogP contribution in [-0.2, 0) is 13.0 Å². The van der Waals surface area contributed by atoms with Gasteiger partial charge in [-0.2, -0.15) is 0 Å². The van der Waals surface area contributed by atoms with E-state index in [1.807, 2.05) is 48.5 Å². The van der Waals surface area contributed by atoms with Crippen LogP contribution in [0.3, 0.4) is 0 Å². The van der Waals surface area contributed by atoms with Crippen LogP contribution >= 0.6 is 11.6 Å². The minimum Gasteiger partial charge on any atom is -0.435 e. The quantitative estimate of drug-likeness (QED) is 0.391. The monoisotopic (exact) mass is 457 g/mol. The van der Waals surface area contributed by atoms with Crippen LogP contribution in [0.15, 0.2) is 65.3 Å². The second-order valence-electron chi connectivity index (χ2n) is 7.81. The molecular formula is C25H20ClN5O2. The van der Waals surface area contributed by atoms with E-state index in [1.165, 1.54) is 0 Å². The third-order valence-corrected chi connectivity index (χ3v) is 5.63. The molecule has 1 amide bonds. The van der Waals surface area contributed by atoms with E-state index in [0.717, 1.165) is 32.8 Å². The van der Waals surface area contributed by atoms with Gasteiger partial charge in [0.2, 0.25) is 5.76 Å². The number of nitrogens with zero attached hydrogens (tertiary/aromatic N) is 3. The number of oxazole rings is 1. The highest BCUT2D eigenvalue weighted by molar-refractivity contribution is 6.31. The van der Waals surface area contributed by atoms with E-state index in [0.29, 0.717) is 35.4 Å². The third-order valence-electron chi connectivity index (χ3n) is 5.43. The molecule has 0 bridgehead atoms. The highest BCUT2D eigenvalue weighted by Gasteiger charge is 2.18. The molecule has 0 unspecified atom stereocenters. The molecule has 0 saturated carbocycles. The number of pyridine rings is 2. The number of amides is 1. The van der Waals surface area contributed by atoms with Crippen LogP contribution in [0, 0.1) is 6.92 Å². The number of aromatic nitrogens is 3. The van der Waals surface area contributed by atoms with Gasteiger partial charge in [0.15, 0.2) is 5.89 Å². The van der Waals surface area contributed by atoms with E-state index in [2.05, 4.69) is 20.3 Å². The number of hydrogen-bond acceptors (Lipinski definition) is 6. The lowest BCUT2D eigenvalue weighted by molar-refractivity contribution is 0.0920. The highest BCUT2D eigenvalue weighted by Crippen LogP contribution is 2.22. The fraction of sp³-hybridized carbons (Fsp3) is 0.120. The summed E-state index contributed by atoms with van der Waals surface area (Å²) in [6.07, 6.45) is 3.74. The first-order chi connectivity index (χ1) is 16.0. The van der Waals surface area contributed by atoms with Crippen LogP contribution in [-0.4, -0.2) is 20.9 Å². The molecule has 0 fully saturated rings. The van der Waals surface area contributed by atoms with Crippen molar-refractivity contribution in [1.82, 2.24) is 20.3 Å². The van der Waals surface area contributed by atoms with Crippen molar-refractivity contribution in [2.75, 3.05) is 5.73 Å². The number of halogens is 1. The molecule has 0 radical (unpaired) electrons. The third kappa shape index (κ3) is 4.36. The minimum atomic E-state index is -0.310. The van der Waals surface area contributed by atoms with Gasteiger partial charge in [-0.15, -0.1) is 0 Å². The Bertz CT molecular complexity index is 1510. The zero-order chi connectivity index (χ0) is 22.9. The van der Waals surface area contributed by atoms with Crippen molar-refractivity contribution in [1.29, 1.82) is 0 Å². The van der Waals surface area contributed by atoms with Gasteiger partial charge >= 0.3 is 0 Å². The number of carbonyl (C=O) groups excluding carboxylic acids is 1. The van der Waals surface area contributed by atoms with Crippen LogP contribution in [0.2, 0.25) is 5.02 Å². The SMILES string of the molecule is Cc1nc(Cc2ccc3ncc(Cl)cc3c2)oc1C(=O)NCc1ccc2c(N)nccc2c1. The molecule has 7 nitrogen and oxygen atoms in total. The summed E-state index contributed by atoms with van der Waals surface area (Å²) >= 11 is 6.05. The molecule has 2 aromatic carbocycles. The first-order valence-electron chi connectivity index (χ1n) is 10.4. The van der Waals surface area contributed by atoms with Crippen LogP contribution in [0.25, 0.3) is 21.7 Å². The number of nitrogens with one attached hydrogen (secondary N) is 1. The molecule has 164 valence electrons. The Morgan fingerprint density at radius 2 is 1.88 bits per heavy atom. The molecular weight excluding hydrogens is 438 g/mol. The lowest BCUT2D eigenvalue weighted by Crippen LogP contribution is -2.23. The zero-order valence-corrected chi connectivity index (χ0v) is 18.6. The number of nitrogens with two attached hydrogens (primary N) is 1. The number of benzene rings is 2. The lowest BCUT2D eigenvalue weighted by atomic mass is 10.1. The van der Waals surface area contributed by atoms with E-state index < -0.39 is 0 Å². The molecule has 3 heterocycles. The Balaban J connectivity index is 1.29. The van der Waals surface area contributed by atoms with Crippen molar-refractivity contribution in [2.45, 2.75) is 19.9 Å². The Labute approximate surface area is 194 Å². The summed E-state index contributed by atoms with van der Waals surface area (Å²) in [5.74, 6) is 0.860. The molecule has 5 aromatic rings. The smallest absolute Gasteiger partial charge is 0.289 e. The summed E-state index contributed by atoms with van der Waals surface area (Å²) in [5, 5.41) is 6.28. The summed E-state index contributed by atoms with van der Waals surface area (Å²) in [6.45, 7) is 2.11. The van der Waals surface area contributed by atoms with Gasteiger partial charge in [-0.05, 0) is 53.8 Å². The zero-order valence-electron chi connectivity index (χ0n) is 17.8. The Morgan fingerprint density at radius 3 is 2.76 bits per heavy atom. The number of nitrogen functional groups attached to an aromatic ring is 1. The average Bonchev–Trinajstić information content (AvgIpc) is 3.17. The van der Waals surface area contributed by atoms with Gasteiger partial charge in [0.05, 0.1) is 16.2 Å². The number of aryl methyl sites for hydroxylation is 1. The van der Waals surface area contributed by atoms with Crippen LogP contribution in [0.1, 0.15) is 33.3 Å². The predicted molar refractivity (Wildman–Crippen MR) is 128 cm³/mol. The maximum absolute atomic E-state index is 12.7. The van der Waals surface area contributed by atoms with Gasteiger partial charge in [-0.1, -0.05) is 29.8 Å². The number of anilines is 1. The summed E-state index contributed by atoms with van der Waals surface area (Å²) in [6, 6.07) is 15.4. The van der Waals surface area contributed by atoms with E-state index in [9.17, 15) is 4.79 Å². The summed E-state index contributed by atoms with van der Waals surface area (Å²) in [7, 11) is 0. The van der Waals surface area contributed by atoms with Gasteiger partial charge in [0, 0.05) is 36.1 Å². The molecule has 33 heavy (non-hydrogen) atoms. The largest absolute Gasteiger partial charge is 0.435 e. The van der Waals surface area contributed by atoms with Gasteiger partial charge in [0.25, 0.3) is 5.91 Å². The maximum atomic E-state index is 12.7. The molecule has 3 N–H and O–H groups in total. The summed E-state index contributed by atoms with van der Waals surface area (Å²) in [4.78, 5) is 25.6. The Hall–Kier alpha value is -3.97. The molecule has 0 spiro atoms. The first kappa shape index (κ1) is 20.9. The van der Waals surface area contributed by atoms with Crippen molar-refractivity contribution in [2.24, 2.45) is 0 Å². The molecule has 0 aliphatic carbocycles. The molecule has 3 aromatic heterocycles. The van der Waals surface area contributed by atoms with Gasteiger partial charge in [0.1, 0.15) is 5.82 Å². The van der Waals surface area contributed by atoms with Crippen LogP contribution < -0.4 is 11.1 Å². The predicted octanol–water partition coefficient (Wildman–Crippen LogP) is 4.84. The fourth-order valence-corrected chi connectivity index (χ4v) is 3.97. The van der Waals surface area contributed by atoms with E-state index >= 15 is 0 Å². The highest BCUT2D eigenvalue weighted by atomic mass is 35.5. The molecule has 0 saturated heterocycles. The van der Waals surface area contributed by atoms with Gasteiger partial charge < -0.3 is 15.5 Å². The van der Waals surface area contributed by atoms with E-state index in [1.54, 1.807) is 19.3 Å². The fourth-order valence-electron chi connectivity index (χ4n) is 3.80. The average molecular weight is 458 g/mol. The first-order valence-corrected chi connectivity index (χ1v) is 10.8. The summed E-state index contributed by atoms with van der Waals surface area (Å²) in [5.41, 5.74) is 9.25. The molecule has 0 atom stereocenters. The molecule has 0 aliphatic rings. The topological polar surface area (TPSA) is 107 Å². The molecule has 8 heteroatoms. The molecule has 5 rings (SSSR count). The second-order valence-corrected chi connectivity index (χ2v) is 8.25. The normalized spacial score (nSPS) is 11.2. The molecule has 0 aliphatic heterocycles. The minimum absolute atomic E-state index is 0.213. The Kier molecular flexibility index (Phi) is 5.40. The van der Waals surface area contributed by atoms with E-state index in [4.69, 9.17) is 21.8 Å². The van der Waals surface area contributed by atoms with Crippen LogP contribution in [0.5, 0.6) is 0 Å². The standard InChI is InChI=1S/C25H20ClN5O2/c1-14-23(25(32)30-12-16-2-4-20-17(9-16)6-7-28-24(20)27)33-22(31-14)10-15-3-5-21-18(8-15)11-19(26)13-29-21/h2-9,11,13H,10,12H2,1H3,(H2,27,28)(H,30,32). The maximum Gasteiger partial charge on any atom is 0.289 e. The number of rotatable bonds is 5. The van der Waals surface area contributed by atoms with Crippen molar-refractivity contribution >= 4 is 45.0 Å². The van der Waals surface area contributed by atoms with Crippen molar-refractivity contribution < 1.29 is 9.21 Å². The van der Waals surface area contributed by atoms with Crippen LogP contribution in [0.4, 0.5) is 5.82 Å². The number of hydrogen-bond donors (Lipinski definition) is 2.